The van der Waals surface area contributed by atoms with E-state index in [0.717, 1.165) is 31.5 Å². The predicted molar refractivity (Wildman–Crippen MR) is 96.8 cm³/mol. The van der Waals surface area contributed by atoms with Crippen LogP contribution in [0.2, 0.25) is 0 Å². The van der Waals surface area contributed by atoms with Crippen molar-refractivity contribution < 1.29 is 13.2 Å². The number of likely N-dealkylation sites (tertiary alicyclic amines) is 1. The Bertz CT molecular complexity index is 577. The second kappa shape index (κ2) is 11.7. The molecule has 1 aliphatic rings. The molecule has 1 fully saturated rings. The fourth-order valence-corrected chi connectivity index (χ4v) is 2.36. The van der Waals surface area contributed by atoms with Crippen LogP contribution in [0.3, 0.4) is 0 Å². The van der Waals surface area contributed by atoms with Crippen LogP contribution in [0.25, 0.3) is 11.5 Å². The van der Waals surface area contributed by atoms with Gasteiger partial charge in [0.15, 0.2) is 0 Å². The van der Waals surface area contributed by atoms with Gasteiger partial charge in [-0.05, 0) is 57.2 Å². The SMILES string of the molecule is CCCC.CF.CN1CCC(c2nnc(-c3ccc(F)cc3)o2)CC1. The number of alkyl halides is 1. The normalized spacial score (nSPS) is 15.0. The molecule has 1 saturated heterocycles. The number of hydrogen-bond donors (Lipinski definition) is 0. The van der Waals surface area contributed by atoms with E-state index in [2.05, 4.69) is 36.0 Å². The van der Waals surface area contributed by atoms with E-state index in [4.69, 9.17) is 4.42 Å². The minimum atomic E-state index is -0.265. The molecule has 1 aromatic heterocycles. The molecule has 1 aliphatic heterocycles. The van der Waals surface area contributed by atoms with Crippen molar-refractivity contribution in [2.75, 3.05) is 27.3 Å². The Labute approximate surface area is 149 Å². The molecule has 140 valence electrons. The smallest absolute Gasteiger partial charge is 0.247 e. The maximum Gasteiger partial charge on any atom is 0.247 e. The fourth-order valence-electron chi connectivity index (χ4n) is 2.36. The second-order valence-corrected chi connectivity index (χ2v) is 6.03. The first-order valence-corrected chi connectivity index (χ1v) is 8.79. The lowest BCUT2D eigenvalue weighted by molar-refractivity contribution is 0.237. The Hall–Kier alpha value is -1.82. The molecule has 6 heteroatoms. The zero-order chi connectivity index (χ0) is 18.7. The topological polar surface area (TPSA) is 42.2 Å². The van der Waals surface area contributed by atoms with E-state index in [1.807, 2.05) is 0 Å². The van der Waals surface area contributed by atoms with Gasteiger partial charge in [-0.25, -0.2) is 4.39 Å². The van der Waals surface area contributed by atoms with Crippen LogP contribution in [0.1, 0.15) is 51.3 Å². The lowest BCUT2D eigenvalue weighted by atomic mass is 9.97. The highest BCUT2D eigenvalue weighted by atomic mass is 19.1. The summed E-state index contributed by atoms with van der Waals surface area (Å²) in [6.45, 7) is 6.47. The van der Waals surface area contributed by atoms with Gasteiger partial charge in [-0.3, -0.25) is 4.39 Å². The van der Waals surface area contributed by atoms with Crippen LogP contribution in [-0.2, 0) is 0 Å². The summed E-state index contributed by atoms with van der Waals surface area (Å²) in [7, 11) is 2.62. The number of benzene rings is 1. The standard InChI is InChI=1S/C14H16FN3O.C4H10.CH3F/c1-18-8-6-11(7-9-18)14-17-16-13(19-14)10-2-4-12(15)5-3-10;1-3-4-2;1-2/h2-5,11H,6-9H2,1H3;3-4H2,1-2H3;1H3. The summed E-state index contributed by atoms with van der Waals surface area (Å²) < 4.78 is 28.1. The maximum absolute atomic E-state index is 12.9. The van der Waals surface area contributed by atoms with Gasteiger partial charge in [0.2, 0.25) is 11.8 Å². The van der Waals surface area contributed by atoms with Gasteiger partial charge in [-0.2, -0.15) is 0 Å². The van der Waals surface area contributed by atoms with Crippen LogP contribution in [0.4, 0.5) is 8.78 Å². The third-order valence-corrected chi connectivity index (χ3v) is 4.10. The van der Waals surface area contributed by atoms with E-state index in [1.165, 1.54) is 25.0 Å². The van der Waals surface area contributed by atoms with E-state index in [-0.39, 0.29) is 5.82 Å². The third kappa shape index (κ3) is 6.90. The van der Waals surface area contributed by atoms with Crippen LogP contribution in [0, 0.1) is 5.82 Å². The molecule has 0 N–H and O–H groups in total. The van der Waals surface area contributed by atoms with Gasteiger partial charge in [0, 0.05) is 11.5 Å². The molecule has 0 unspecified atom stereocenters. The van der Waals surface area contributed by atoms with Crippen molar-refractivity contribution in [1.29, 1.82) is 0 Å². The molecule has 0 bridgehead atoms. The van der Waals surface area contributed by atoms with Gasteiger partial charge < -0.3 is 9.32 Å². The Morgan fingerprint density at radius 1 is 1.04 bits per heavy atom. The van der Waals surface area contributed by atoms with Crippen LogP contribution >= 0.6 is 0 Å². The summed E-state index contributed by atoms with van der Waals surface area (Å²) in [4.78, 5) is 2.30. The average molecular weight is 353 g/mol. The van der Waals surface area contributed by atoms with Gasteiger partial charge in [-0.15, -0.1) is 10.2 Å². The molecule has 0 amide bonds. The lowest BCUT2D eigenvalue weighted by Gasteiger charge is -2.26. The molecule has 2 aromatic rings. The number of hydrogen-bond acceptors (Lipinski definition) is 4. The van der Waals surface area contributed by atoms with Gasteiger partial charge in [0.1, 0.15) is 5.82 Å². The Kier molecular flexibility index (Phi) is 9.92. The number of aromatic nitrogens is 2. The zero-order valence-electron chi connectivity index (χ0n) is 15.6. The summed E-state index contributed by atoms with van der Waals surface area (Å²) in [5.41, 5.74) is 0.757. The van der Waals surface area contributed by atoms with Gasteiger partial charge >= 0.3 is 0 Å². The zero-order valence-corrected chi connectivity index (χ0v) is 15.6. The number of halogens is 2. The summed E-state index contributed by atoms with van der Waals surface area (Å²) in [5.74, 6) is 1.25. The highest BCUT2D eigenvalue weighted by Crippen LogP contribution is 2.28. The number of piperidine rings is 1. The van der Waals surface area contributed by atoms with Crippen molar-refractivity contribution in [2.24, 2.45) is 0 Å². The molecule has 4 nitrogen and oxygen atoms in total. The molecule has 2 heterocycles. The van der Waals surface area contributed by atoms with E-state index < -0.39 is 0 Å². The first-order valence-electron chi connectivity index (χ1n) is 8.79. The minimum Gasteiger partial charge on any atom is -0.420 e. The highest BCUT2D eigenvalue weighted by molar-refractivity contribution is 5.51. The van der Waals surface area contributed by atoms with Crippen LogP contribution in [-0.4, -0.2) is 42.4 Å². The predicted octanol–water partition coefficient (Wildman–Crippen LogP) is 5.08. The van der Waals surface area contributed by atoms with Gasteiger partial charge in [-0.1, -0.05) is 26.7 Å². The minimum absolute atomic E-state index is 0.265. The summed E-state index contributed by atoms with van der Waals surface area (Å²) in [6, 6.07) is 6.10. The first-order chi connectivity index (χ1) is 12.1. The number of nitrogens with zero attached hydrogens (tertiary/aromatic N) is 3. The fraction of sp³-hybridized carbons (Fsp3) is 0.579. The molecule has 0 aliphatic carbocycles. The molecule has 0 atom stereocenters. The summed E-state index contributed by atoms with van der Waals surface area (Å²) in [6.07, 6.45) is 4.73. The molecule has 0 spiro atoms. The molecular weight excluding hydrogens is 324 g/mol. The molecule has 25 heavy (non-hydrogen) atoms. The van der Waals surface area contributed by atoms with Crippen LogP contribution in [0.15, 0.2) is 28.7 Å². The molecular formula is C19H29F2N3O. The summed E-state index contributed by atoms with van der Waals surface area (Å²) >= 11 is 0. The average Bonchev–Trinajstić information content (AvgIpc) is 3.15. The maximum atomic E-state index is 12.9. The number of unbranched alkanes of at least 4 members (excludes halogenated alkanes) is 1. The van der Waals surface area contributed by atoms with E-state index >= 15 is 0 Å². The highest BCUT2D eigenvalue weighted by Gasteiger charge is 2.23. The lowest BCUT2D eigenvalue weighted by Crippen LogP contribution is -2.29. The molecule has 1 aromatic carbocycles. The Balaban J connectivity index is 0.000000461. The van der Waals surface area contributed by atoms with Crippen molar-refractivity contribution in [3.63, 3.8) is 0 Å². The first kappa shape index (κ1) is 21.2. The third-order valence-electron chi connectivity index (χ3n) is 4.10. The van der Waals surface area contributed by atoms with Crippen molar-refractivity contribution in [1.82, 2.24) is 15.1 Å². The monoisotopic (exact) mass is 353 g/mol. The van der Waals surface area contributed by atoms with E-state index in [0.29, 0.717) is 24.9 Å². The second-order valence-electron chi connectivity index (χ2n) is 6.03. The van der Waals surface area contributed by atoms with Crippen molar-refractivity contribution in [3.05, 3.63) is 36.0 Å². The van der Waals surface area contributed by atoms with Crippen molar-refractivity contribution >= 4 is 0 Å². The van der Waals surface area contributed by atoms with E-state index in [1.54, 1.807) is 12.1 Å². The quantitative estimate of drug-likeness (QED) is 0.772. The Morgan fingerprint density at radius 3 is 2.12 bits per heavy atom. The molecule has 3 rings (SSSR count). The van der Waals surface area contributed by atoms with E-state index in [9.17, 15) is 8.78 Å². The van der Waals surface area contributed by atoms with Crippen LogP contribution < -0.4 is 0 Å². The van der Waals surface area contributed by atoms with Crippen molar-refractivity contribution in [3.8, 4) is 11.5 Å². The number of rotatable bonds is 3. The largest absolute Gasteiger partial charge is 0.420 e. The van der Waals surface area contributed by atoms with Crippen molar-refractivity contribution in [2.45, 2.75) is 45.4 Å². The van der Waals surface area contributed by atoms with Crippen LogP contribution in [0.5, 0.6) is 0 Å². The Morgan fingerprint density at radius 2 is 1.60 bits per heavy atom. The summed E-state index contributed by atoms with van der Waals surface area (Å²) in [5, 5.41) is 8.19. The van der Waals surface area contributed by atoms with Gasteiger partial charge in [0.05, 0.1) is 7.18 Å². The molecule has 0 saturated carbocycles. The van der Waals surface area contributed by atoms with Gasteiger partial charge in [0.25, 0.3) is 0 Å². The molecule has 0 radical (unpaired) electrons.